The minimum absolute atomic E-state index is 0.00155. The predicted octanol–water partition coefficient (Wildman–Crippen LogP) is 2.38. The Morgan fingerprint density at radius 3 is 2.14 bits per heavy atom. The maximum atomic E-state index is 12.4. The molecule has 0 radical (unpaired) electrons. The van der Waals surface area contributed by atoms with Crippen molar-refractivity contribution in [1.82, 2.24) is 0 Å². The van der Waals surface area contributed by atoms with E-state index in [4.69, 9.17) is 9.31 Å². The molecule has 1 fully saturated rings. The van der Waals surface area contributed by atoms with E-state index in [1.54, 1.807) is 6.07 Å². The summed E-state index contributed by atoms with van der Waals surface area (Å²) in [7, 11) is -0.871. The van der Waals surface area contributed by atoms with Crippen molar-refractivity contribution in [2.45, 2.75) is 51.9 Å². The first-order chi connectivity index (χ1) is 9.97. The fourth-order valence-electron chi connectivity index (χ4n) is 2.16. The van der Waals surface area contributed by atoms with Gasteiger partial charge in [-0.3, -0.25) is 0 Å². The highest BCUT2D eigenvalue weighted by molar-refractivity contribution is 6.62. The summed E-state index contributed by atoms with van der Waals surface area (Å²) in [6.45, 7) is 6.72. The minimum Gasteiger partial charge on any atom is -0.405 e. The van der Waals surface area contributed by atoms with E-state index < -0.39 is 37.0 Å². The van der Waals surface area contributed by atoms with E-state index in [0.717, 1.165) is 6.07 Å². The molecule has 0 bridgehead atoms. The third kappa shape index (κ3) is 3.23. The van der Waals surface area contributed by atoms with Crippen LogP contribution in [-0.2, 0) is 15.9 Å². The van der Waals surface area contributed by atoms with Crippen molar-refractivity contribution >= 4 is 12.6 Å². The number of hydrogen-bond donors (Lipinski definition) is 1. The Balaban J connectivity index is 2.39. The van der Waals surface area contributed by atoms with Gasteiger partial charge in [0.1, 0.15) is 5.75 Å². The summed E-state index contributed by atoms with van der Waals surface area (Å²) in [6.07, 6.45) is -4.83. The third-order valence-corrected chi connectivity index (χ3v) is 4.06. The summed E-state index contributed by atoms with van der Waals surface area (Å²) in [4.78, 5) is 0. The number of alkyl halides is 3. The van der Waals surface area contributed by atoms with Gasteiger partial charge in [-0.2, -0.15) is 0 Å². The maximum absolute atomic E-state index is 12.4. The van der Waals surface area contributed by atoms with E-state index in [0.29, 0.717) is 5.46 Å². The van der Waals surface area contributed by atoms with Crippen molar-refractivity contribution in [1.29, 1.82) is 0 Å². The average molecular weight is 318 g/mol. The number of hydrogen-bond acceptors (Lipinski definition) is 4. The minimum atomic E-state index is -4.83. The molecule has 0 amide bonds. The first-order valence-electron chi connectivity index (χ1n) is 6.81. The van der Waals surface area contributed by atoms with Gasteiger partial charge < -0.3 is 19.2 Å². The molecule has 0 atom stereocenters. The van der Waals surface area contributed by atoms with E-state index >= 15 is 0 Å². The fraction of sp³-hybridized carbons (Fsp3) is 0.571. The van der Waals surface area contributed by atoms with Crippen molar-refractivity contribution in [2.75, 3.05) is 0 Å². The molecule has 1 N–H and O–H groups in total. The topological polar surface area (TPSA) is 47.9 Å². The number of halogens is 3. The SMILES string of the molecule is CC1(C)OB(c2cccc(OC(F)(F)F)c2CO)OC1(C)C. The van der Waals surface area contributed by atoms with E-state index in [-0.39, 0.29) is 5.56 Å². The lowest BCUT2D eigenvalue weighted by Gasteiger charge is -2.32. The predicted molar refractivity (Wildman–Crippen MR) is 74.8 cm³/mol. The zero-order valence-electron chi connectivity index (χ0n) is 12.8. The molecule has 4 nitrogen and oxygen atoms in total. The van der Waals surface area contributed by atoms with E-state index in [9.17, 15) is 18.3 Å². The van der Waals surface area contributed by atoms with E-state index in [1.807, 2.05) is 27.7 Å². The molecule has 0 unspecified atom stereocenters. The van der Waals surface area contributed by atoms with Crippen molar-refractivity contribution in [3.05, 3.63) is 23.8 Å². The highest BCUT2D eigenvalue weighted by Crippen LogP contribution is 2.37. The second-order valence-electron chi connectivity index (χ2n) is 6.12. The lowest BCUT2D eigenvalue weighted by Crippen LogP contribution is -2.41. The van der Waals surface area contributed by atoms with E-state index in [1.165, 1.54) is 6.07 Å². The Kier molecular flexibility index (Phi) is 4.23. The molecule has 122 valence electrons. The molecule has 1 aromatic rings. The van der Waals surface area contributed by atoms with Crippen LogP contribution in [0.5, 0.6) is 5.75 Å². The fourth-order valence-corrected chi connectivity index (χ4v) is 2.16. The zero-order valence-corrected chi connectivity index (χ0v) is 12.8. The van der Waals surface area contributed by atoms with Gasteiger partial charge in [-0.1, -0.05) is 12.1 Å². The second kappa shape index (κ2) is 5.44. The van der Waals surface area contributed by atoms with Crippen LogP contribution >= 0.6 is 0 Å². The lowest BCUT2D eigenvalue weighted by atomic mass is 9.76. The summed E-state index contributed by atoms with van der Waals surface area (Å²) in [5.74, 6) is -0.456. The third-order valence-electron chi connectivity index (χ3n) is 4.06. The Morgan fingerprint density at radius 1 is 1.14 bits per heavy atom. The van der Waals surface area contributed by atoms with Gasteiger partial charge in [-0.15, -0.1) is 13.2 Å². The molecule has 1 saturated heterocycles. The number of benzene rings is 1. The maximum Gasteiger partial charge on any atom is 0.573 e. The number of aliphatic hydroxyl groups excluding tert-OH is 1. The monoisotopic (exact) mass is 318 g/mol. The highest BCUT2D eigenvalue weighted by atomic mass is 19.4. The summed E-state index contributed by atoms with van der Waals surface area (Å²) < 4.78 is 52.9. The smallest absolute Gasteiger partial charge is 0.405 e. The van der Waals surface area contributed by atoms with Gasteiger partial charge in [0.2, 0.25) is 0 Å². The van der Waals surface area contributed by atoms with Gasteiger partial charge in [-0.05, 0) is 39.2 Å². The molecular formula is C14H18BF3O4. The first kappa shape index (κ1) is 17.1. The molecule has 0 aliphatic carbocycles. The number of rotatable bonds is 3. The van der Waals surface area contributed by atoms with Crippen molar-refractivity contribution in [2.24, 2.45) is 0 Å². The van der Waals surface area contributed by atoms with Crippen molar-refractivity contribution in [3.8, 4) is 5.75 Å². The Hall–Kier alpha value is -1.25. The average Bonchev–Trinajstić information content (AvgIpc) is 2.56. The standard InChI is InChI=1S/C14H18BF3O4/c1-12(2)13(3,4)22-15(21-12)10-6-5-7-11(9(10)8-19)20-14(16,17)18/h5-7,19H,8H2,1-4H3. The lowest BCUT2D eigenvalue weighted by molar-refractivity contribution is -0.275. The van der Waals surface area contributed by atoms with Gasteiger partial charge in [0.15, 0.2) is 0 Å². The molecular weight excluding hydrogens is 300 g/mol. The molecule has 2 rings (SSSR count). The Labute approximate surface area is 127 Å². The molecule has 0 spiro atoms. The van der Waals surface area contributed by atoms with Crippen LogP contribution in [0.1, 0.15) is 33.3 Å². The molecule has 0 saturated carbocycles. The number of ether oxygens (including phenoxy) is 1. The zero-order chi connectivity index (χ0) is 16.8. The van der Waals surface area contributed by atoms with Gasteiger partial charge in [-0.25, -0.2) is 0 Å². The molecule has 22 heavy (non-hydrogen) atoms. The normalized spacial score (nSPS) is 20.3. The van der Waals surface area contributed by atoms with Crippen molar-refractivity contribution < 1.29 is 32.3 Å². The van der Waals surface area contributed by atoms with Crippen LogP contribution in [-0.4, -0.2) is 29.8 Å². The van der Waals surface area contributed by atoms with Crippen LogP contribution in [0.25, 0.3) is 0 Å². The molecule has 1 aliphatic heterocycles. The summed E-state index contributed by atoms with van der Waals surface area (Å²) in [5, 5.41) is 9.46. The second-order valence-corrected chi connectivity index (χ2v) is 6.12. The molecule has 8 heteroatoms. The molecule has 1 heterocycles. The van der Waals surface area contributed by atoms with Crippen LogP contribution in [0.4, 0.5) is 13.2 Å². The molecule has 0 aromatic heterocycles. The van der Waals surface area contributed by atoms with Gasteiger partial charge in [0.05, 0.1) is 17.8 Å². The Morgan fingerprint density at radius 2 is 1.68 bits per heavy atom. The highest BCUT2D eigenvalue weighted by Gasteiger charge is 2.52. The van der Waals surface area contributed by atoms with Crippen LogP contribution in [0.15, 0.2) is 18.2 Å². The van der Waals surface area contributed by atoms with Gasteiger partial charge in [0, 0.05) is 5.56 Å². The summed E-state index contributed by atoms with van der Waals surface area (Å²) in [6, 6.07) is 4.10. The van der Waals surface area contributed by atoms with Gasteiger partial charge >= 0.3 is 13.5 Å². The van der Waals surface area contributed by atoms with E-state index in [2.05, 4.69) is 4.74 Å². The van der Waals surface area contributed by atoms with Gasteiger partial charge in [0.25, 0.3) is 0 Å². The van der Waals surface area contributed by atoms with Crippen LogP contribution < -0.4 is 10.2 Å². The quantitative estimate of drug-likeness (QED) is 0.870. The first-order valence-corrected chi connectivity index (χ1v) is 6.81. The van der Waals surface area contributed by atoms with Crippen molar-refractivity contribution in [3.63, 3.8) is 0 Å². The van der Waals surface area contributed by atoms with Crippen LogP contribution in [0.2, 0.25) is 0 Å². The summed E-state index contributed by atoms with van der Waals surface area (Å²) in [5.41, 5.74) is -0.947. The molecule has 1 aliphatic rings. The van der Waals surface area contributed by atoms with Crippen LogP contribution in [0.3, 0.4) is 0 Å². The Bertz CT molecular complexity index is 542. The largest absolute Gasteiger partial charge is 0.573 e. The molecule has 1 aromatic carbocycles. The summed E-state index contributed by atoms with van der Waals surface area (Å²) >= 11 is 0. The van der Waals surface area contributed by atoms with Crippen LogP contribution in [0, 0.1) is 0 Å². The number of aliphatic hydroxyl groups is 1.